The monoisotopic (exact) mass is 273 g/mol. The van der Waals surface area contributed by atoms with Crippen molar-refractivity contribution in [1.29, 1.82) is 0 Å². The molecule has 4 heteroatoms. The molecule has 19 heavy (non-hydrogen) atoms. The maximum atomic E-state index is 9.86. The van der Waals surface area contributed by atoms with E-state index in [1.165, 1.54) is 0 Å². The second kappa shape index (κ2) is 8.20. The van der Waals surface area contributed by atoms with E-state index >= 15 is 0 Å². The molecule has 0 aromatic heterocycles. The van der Waals surface area contributed by atoms with Crippen molar-refractivity contribution in [2.75, 3.05) is 26.3 Å². The summed E-state index contributed by atoms with van der Waals surface area (Å²) in [5.41, 5.74) is -0.0501. The molecule has 3 atom stereocenters. The molecule has 3 unspecified atom stereocenters. The Balaban J connectivity index is 2.06. The highest BCUT2D eigenvalue weighted by Crippen LogP contribution is 2.23. The van der Waals surface area contributed by atoms with Gasteiger partial charge in [-0.05, 0) is 39.0 Å². The average molecular weight is 273 g/mol. The minimum Gasteiger partial charge on any atom is -0.389 e. The zero-order valence-electron chi connectivity index (χ0n) is 12.9. The number of ether oxygens (including phenoxy) is 2. The van der Waals surface area contributed by atoms with Crippen LogP contribution in [-0.4, -0.2) is 49.2 Å². The fourth-order valence-corrected chi connectivity index (χ4v) is 2.55. The molecule has 0 aromatic carbocycles. The fraction of sp³-hybridized carbons (Fsp3) is 1.00. The van der Waals surface area contributed by atoms with E-state index in [1.54, 1.807) is 0 Å². The van der Waals surface area contributed by atoms with Gasteiger partial charge in [-0.15, -0.1) is 0 Å². The Kier molecular flexibility index (Phi) is 7.29. The van der Waals surface area contributed by atoms with Crippen LogP contribution in [0, 0.1) is 5.92 Å². The molecule has 0 spiro atoms. The van der Waals surface area contributed by atoms with E-state index in [2.05, 4.69) is 33.0 Å². The summed E-state index contributed by atoms with van der Waals surface area (Å²) in [6.07, 6.45) is 3.03. The lowest BCUT2D eigenvalue weighted by molar-refractivity contribution is -0.0138. The maximum Gasteiger partial charge on any atom is 0.0897 e. The fourth-order valence-electron chi connectivity index (χ4n) is 2.55. The second-order valence-electron chi connectivity index (χ2n) is 6.46. The lowest BCUT2D eigenvalue weighted by Gasteiger charge is -2.24. The van der Waals surface area contributed by atoms with Crippen molar-refractivity contribution < 1.29 is 14.6 Å². The standard InChI is InChI=1S/C15H31NO3/c1-12(2)8-13(3)18-10-14(17)9-16-11-15(4)6-5-7-19-15/h12-14,16-17H,5-11H2,1-4H3. The highest BCUT2D eigenvalue weighted by molar-refractivity contribution is 4.82. The predicted molar refractivity (Wildman–Crippen MR) is 77.3 cm³/mol. The van der Waals surface area contributed by atoms with Crippen LogP contribution >= 0.6 is 0 Å². The van der Waals surface area contributed by atoms with Crippen molar-refractivity contribution in [2.45, 2.75) is 64.8 Å². The third-order valence-corrected chi connectivity index (χ3v) is 3.56. The van der Waals surface area contributed by atoms with Crippen molar-refractivity contribution in [3.05, 3.63) is 0 Å². The summed E-state index contributed by atoms with van der Waals surface area (Å²) in [4.78, 5) is 0. The molecule has 0 radical (unpaired) electrons. The minimum absolute atomic E-state index is 0.0501. The molecule has 1 heterocycles. The van der Waals surface area contributed by atoms with Gasteiger partial charge in [0.15, 0.2) is 0 Å². The molecule has 1 aliphatic rings. The summed E-state index contributed by atoms with van der Waals surface area (Å²) in [6, 6.07) is 0. The van der Waals surface area contributed by atoms with Crippen LogP contribution in [0.5, 0.6) is 0 Å². The Labute approximate surface area is 117 Å². The third kappa shape index (κ3) is 7.25. The summed E-state index contributed by atoms with van der Waals surface area (Å²) in [5, 5.41) is 13.1. The predicted octanol–water partition coefficient (Wildman–Crippen LogP) is 1.96. The largest absolute Gasteiger partial charge is 0.389 e. The molecule has 0 aromatic rings. The molecule has 1 fully saturated rings. The number of aliphatic hydroxyl groups excluding tert-OH is 1. The Morgan fingerprint density at radius 2 is 2.11 bits per heavy atom. The second-order valence-corrected chi connectivity index (χ2v) is 6.46. The molecule has 0 amide bonds. The van der Waals surface area contributed by atoms with Crippen molar-refractivity contribution in [2.24, 2.45) is 5.92 Å². The molecule has 0 aliphatic carbocycles. The van der Waals surface area contributed by atoms with Crippen LogP contribution in [0.1, 0.15) is 47.0 Å². The van der Waals surface area contributed by atoms with Crippen molar-refractivity contribution in [1.82, 2.24) is 5.32 Å². The van der Waals surface area contributed by atoms with Crippen molar-refractivity contribution >= 4 is 0 Å². The summed E-state index contributed by atoms with van der Waals surface area (Å²) in [6.45, 7) is 11.2. The van der Waals surface area contributed by atoms with Gasteiger partial charge in [-0.3, -0.25) is 0 Å². The van der Waals surface area contributed by atoms with Gasteiger partial charge in [-0.2, -0.15) is 0 Å². The zero-order valence-corrected chi connectivity index (χ0v) is 12.9. The average Bonchev–Trinajstić information content (AvgIpc) is 2.73. The number of hydrogen-bond acceptors (Lipinski definition) is 4. The van der Waals surface area contributed by atoms with Crippen LogP contribution in [0.15, 0.2) is 0 Å². The van der Waals surface area contributed by atoms with Crippen LogP contribution < -0.4 is 5.32 Å². The first-order chi connectivity index (χ1) is 8.91. The lowest BCUT2D eigenvalue weighted by Crippen LogP contribution is -2.41. The highest BCUT2D eigenvalue weighted by atomic mass is 16.5. The first-order valence-corrected chi connectivity index (χ1v) is 7.55. The molecular formula is C15H31NO3. The van der Waals surface area contributed by atoms with Gasteiger partial charge in [0.05, 0.1) is 24.4 Å². The van der Waals surface area contributed by atoms with Gasteiger partial charge in [0.25, 0.3) is 0 Å². The van der Waals surface area contributed by atoms with Gasteiger partial charge in [-0.25, -0.2) is 0 Å². The molecule has 0 saturated carbocycles. The number of hydrogen-bond donors (Lipinski definition) is 2. The Bertz CT molecular complexity index is 240. The quantitative estimate of drug-likeness (QED) is 0.674. The summed E-state index contributed by atoms with van der Waals surface area (Å²) in [7, 11) is 0. The molecule has 1 rings (SSSR count). The Morgan fingerprint density at radius 3 is 2.68 bits per heavy atom. The van der Waals surface area contributed by atoms with Crippen LogP contribution in [0.25, 0.3) is 0 Å². The van der Waals surface area contributed by atoms with Gasteiger partial charge in [0, 0.05) is 19.7 Å². The first-order valence-electron chi connectivity index (χ1n) is 7.55. The van der Waals surface area contributed by atoms with E-state index in [0.717, 1.165) is 32.4 Å². The van der Waals surface area contributed by atoms with Gasteiger partial charge in [-0.1, -0.05) is 13.8 Å². The van der Waals surface area contributed by atoms with Crippen molar-refractivity contribution in [3.8, 4) is 0 Å². The number of aliphatic hydroxyl groups is 1. The Hall–Kier alpha value is -0.160. The molecule has 114 valence electrons. The number of rotatable bonds is 9. The summed E-state index contributed by atoms with van der Waals surface area (Å²) < 4.78 is 11.3. The van der Waals surface area contributed by atoms with E-state index in [1.807, 2.05) is 0 Å². The number of nitrogens with one attached hydrogen (secondary N) is 1. The zero-order chi connectivity index (χ0) is 14.3. The molecule has 2 N–H and O–H groups in total. The van der Waals surface area contributed by atoms with E-state index in [-0.39, 0.29) is 11.7 Å². The van der Waals surface area contributed by atoms with E-state index in [9.17, 15) is 5.11 Å². The first kappa shape index (κ1) is 16.9. The van der Waals surface area contributed by atoms with E-state index in [0.29, 0.717) is 19.1 Å². The molecule has 0 bridgehead atoms. The molecule has 1 saturated heterocycles. The summed E-state index contributed by atoms with van der Waals surface area (Å²) >= 11 is 0. The normalized spacial score (nSPS) is 26.8. The van der Waals surface area contributed by atoms with Gasteiger partial charge < -0.3 is 19.9 Å². The Morgan fingerprint density at radius 1 is 1.37 bits per heavy atom. The van der Waals surface area contributed by atoms with Gasteiger partial charge in [0.1, 0.15) is 0 Å². The maximum absolute atomic E-state index is 9.86. The van der Waals surface area contributed by atoms with Crippen LogP contribution in [0.4, 0.5) is 0 Å². The van der Waals surface area contributed by atoms with E-state index in [4.69, 9.17) is 9.47 Å². The van der Waals surface area contributed by atoms with Crippen LogP contribution in [0.2, 0.25) is 0 Å². The van der Waals surface area contributed by atoms with Gasteiger partial charge in [0.2, 0.25) is 0 Å². The van der Waals surface area contributed by atoms with Gasteiger partial charge >= 0.3 is 0 Å². The van der Waals surface area contributed by atoms with Crippen molar-refractivity contribution in [3.63, 3.8) is 0 Å². The summed E-state index contributed by atoms with van der Waals surface area (Å²) in [5.74, 6) is 0.629. The lowest BCUT2D eigenvalue weighted by atomic mass is 10.0. The minimum atomic E-state index is -0.445. The topological polar surface area (TPSA) is 50.7 Å². The third-order valence-electron chi connectivity index (χ3n) is 3.56. The molecular weight excluding hydrogens is 242 g/mol. The molecule has 4 nitrogen and oxygen atoms in total. The highest BCUT2D eigenvalue weighted by Gasteiger charge is 2.29. The van der Waals surface area contributed by atoms with Crippen LogP contribution in [0.3, 0.4) is 0 Å². The SMILES string of the molecule is CC(C)CC(C)OCC(O)CNCC1(C)CCCO1. The smallest absolute Gasteiger partial charge is 0.0897 e. The van der Waals surface area contributed by atoms with Crippen LogP contribution in [-0.2, 0) is 9.47 Å². The molecule has 1 aliphatic heterocycles. The van der Waals surface area contributed by atoms with E-state index < -0.39 is 6.10 Å².